The third-order valence-electron chi connectivity index (χ3n) is 4.25. The number of hydrogen-bond acceptors (Lipinski definition) is 4. The summed E-state index contributed by atoms with van der Waals surface area (Å²) >= 11 is 0. The molecule has 0 spiro atoms. The van der Waals surface area contributed by atoms with E-state index in [0.29, 0.717) is 11.3 Å². The van der Waals surface area contributed by atoms with Gasteiger partial charge in [-0.15, -0.1) is 0 Å². The normalized spacial score (nSPS) is 12.1. The molecule has 140 valence electrons. The molecular formula is C21H23N3O3. The van der Waals surface area contributed by atoms with Gasteiger partial charge < -0.3 is 14.5 Å². The molecule has 0 saturated carbocycles. The first kappa shape index (κ1) is 18.6. The van der Waals surface area contributed by atoms with Crippen LogP contribution in [0.5, 0.6) is 0 Å². The van der Waals surface area contributed by atoms with Gasteiger partial charge in [0, 0.05) is 18.0 Å². The van der Waals surface area contributed by atoms with E-state index in [1.165, 1.54) is 0 Å². The van der Waals surface area contributed by atoms with Crippen molar-refractivity contribution < 1.29 is 14.3 Å². The number of nitrogens with zero attached hydrogens (tertiary/aromatic N) is 2. The topological polar surface area (TPSA) is 72.7 Å². The maximum Gasteiger partial charge on any atom is 0.329 e. The Morgan fingerprint density at radius 1 is 1.11 bits per heavy atom. The van der Waals surface area contributed by atoms with Crippen molar-refractivity contribution in [1.29, 1.82) is 0 Å². The molecule has 1 amide bonds. The summed E-state index contributed by atoms with van der Waals surface area (Å²) in [5.41, 5.74) is 3.08. The van der Waals surface area contributed by atoms with Gasteiger partial charge >= 0.3 is 5.97 Å². The Balaban J connectivity index is 1.65. The minimum absolute atomic E-state index is 0.0595. The van der Waals surface area contributed by atoms with Crippen LogP contribution in [0.1, 0.15) is 35.5 Å². The molecule has 2 aromatic heterocycles. The van der Waals surface area contributed by atoms with Crippen LogP contribution < -0.4 is 5.32 Å². The van der Waals surface area contributed by atoms with Crippen molar-refractivity contribution >= 4 is 17.5 Å². The molecular weight excluding hydrogens is 342 g/mol. The summed E-state index contributed by atoms with van der Waals surface area (Å²) < 4.78 is 7.32. The summed E-state index contributed by atoms with van der Waals surface area (Å²) in [5.74, 6) is -0.870. The third kappa shape index (κ3) is 4.53. The highest BCUT2D eigenvalue weighted by Gasteiger charge is 2.26. The van der Waals surface area contributed by atoms with Crippen LogP contribution in [0.2, 0.25) is 0 Å². The van der Waals surface area contributed by atoms with Gasteiger partial charge in [-0.1, -0.05) is 38.1 Å². The Bertz CT molecular complexity index is 948. The van der Waals surface area contributed by atoms with Crippen LogP contribution in [0.15, 0.2) is 54.9 Å². The highest BCUT2D eigenvalue weighted by Crippen LogP contribution is 2.11. The van der Waals surface area contributed by atoms with Gasteiger partial charge in [-0.05, 0) is 36.6 Å². The fourth-order valence-electron chi connectivity index (χ4n) is 2.77. The predicted octanol–water partition coefficient (Wildman–Crippen LogP) is 3.14. The second-order valence-electron chi connectivity index (χ2n) is 6.87. The average Bonchev–Trinajstić information content (AvgIpc) is 3.06. The van der Waals surface area contributed by atoms with Gasteiger partial charge in [-0.2, -0.15) is 0 Å². The lowest BCUT2D eigenvalue weighted by Crippen LogP contribution is -2.45. The van der Waals surface area contributed by atoms with Crippen molar-refractivity contribution in [3.63, 3.8) is 0 Å². The second kappa shape index (κ2) is 8.03. The van der Waals surface area contributed by atoms with Crippen LogP contribution in [-0.4, -0.2) is 27.3 Å². The monoisotopic (exact) mass is 365 g/mol. The van der Waals surface area contributed by atoms with Crippen LogP contribution >= 0.6 is 0 Å². The molecule has 0 aliphatic carbocycles. The van der Waals surface area contributed by atoms with Crippen molar-refractivity contribution in [1.82, 2.24) is 14.7 Å². The Morgan fingerprint density at radius 2 is 1.85 bits per heavy atom. The zero-order chi connectivity index (χ0) is 19.4. The summed E-state index contributed by atoms with van der Waals surface area (Å²) in [4.78, 5) is 29.3. The number of esters is 1. The minimum Gasteiger partial charge on any atom is -0.458 e. The van der Waals surface area contributed by atoms with Gasteiger partial charge in [0.15, 0.2) is 0 Å². The van der Waals surface area contributed by atoms with E-state index >= 15 is 0 Å². The summed E-state index contributed by atoms with van der Waals surface area (Å²) in [6.45, 7) is 5.79. The van der Waals surface area contributed by atoms with Crippen molar-refractivity contribution in [2.45, 2.75) is 33.4 Å². The van der Waals surface area contributed by atoms with E-state index in [4.69, 9.17) is 4.74 Å². The Morgan fingerprint density at radius 3 is 2.56 bits per heavy atom. The molecule has 0 aliphatic heterocycles. The zero-order valence-corrected chi connectivity index (χ0v) is 15.7. The summed E-state index contributed by atoms with van der Waals surface area (Å²) in [7, 11) is 0. The van der Waals surface area contributed by atoms with Crippen molar-refractivity contribution in [3.8, 4) is 0 Å². The Kier molecular flexibility index (Phi) is 5.54. The molecule has 2 heterocycles. The molecule has 0 fully saturated rings. The van der Waals surface area contributed by atoms with Gasteiger partial charge in [0.1, 0.15) is 18.3 Å². The van der Waals surface area contributed by atoms with Crippen molar-refractivity contribution in [3.05, 3.63) is 71.7 Å². The molecule has 27 heavy (non-hydrogen) atoms. The molecule has 1 aromatic carbocycles. The van der Waals surface area contributed by atoms with E-state index < -0.39 is 12.0 Å². The highest BCUT2D eigenvalue weighted by atomic mass is 16.5. The lowest BCUT2D eigenvalue weighted by Gasteiger charge is -2.20. The fraction of sp³-hybridized carbons (Fsp3) is 0.286. The summed E-state index contributed by atoms with van der Waals surface area (Å²) in [6, 6.07) is 12.0. The number of carbonyl (C=O) groups excluding carboxylic acids is 2. The van der Waals surface area contributed by atoms with Crippen LogP contribution in [-0.2, 0) is 16.1 Å². The lowest BCUT2D eigenvalue weighted by molar-refractivity contribution is -0.148. The molecule has 0 unspecified atom stereocenters. The van der Waals surface area contributed by atoms with Crippen LogP contribution in [0.25, 0.3) is 5.65 Å². The number of ether oxygens (including phenoxy) is 1. The minimum atomic E-state index is -0.725. The first-order chi connectivity index (χ1) is 12.9. The number of imidazole rings is 1. The number of benzene rings is 1. The SMILES string of the molecule is Cc1ccc2nc(COC(=O)[C@@H](NC(=O)c3ccccc3)C(C)C)cn2c1. The lowest BCUT2D eigenvalue weighted by atomic mass is 10.0. The van der Waals surface area contributed by atoms with Gasteiger partial charge in [0.05, 0.1) is 5.69 Å². The van der Waals surface area contributed by atoms with E-state index in [0.717, 1.165) is 11.2 Å². The van der Waals surface area contributed by atoms with E-state index in [2.05, 4.69) is 10.3 Å². The Hall–Kier alpha value is -3.15. The average molecular weight is 365 g/mol. The number of fused-ring (bicyclic) bond motifs is 1. The molecule has 0 bridgehead atoms. The van der Waals surface area contributed by atoms with Gasteiger partial charge in [-0.3, -0.25) is 4.79 Å². The molecule has 0 radical (unpaired) electrons. The molecule has 3 aromatic rings. The molecule has 1 N–H and O–H groups in total. The first-order valence-electron chi connectivity index (χ1n) is 8.91. The molecule has 3 rings (SSSR count). The maximum absolute atomic E-state index is 12.5. The second-order valence-corrected chi connectivity index (χ2v) is 6.87. The van der Waals surface area contributed by atoms with Crippen molar-refractivity contribution in [2.75, 3.05) is 0 Å². The van der Waals surface area contributed by atoms with Crippen molar-refractivity contribution in [2.24, 2.45) is 5.92 Å². The summed E-state index contributed by atoms with van der Waals surface area (Å²) in [6.07, 6.45) is 3.80. The summed E-state index contributed by atoms with van der Waals surface area (Å²) in [5, 5.41) is 2.76. The smallest absolute Gasteiger partial charge is 0.329 e. The third-order valence-corrected chi connectivity index (χ3v) is 4.25. The van der Waals surface area contributed by atoms with Gasteiger partial charge in [0.2, 0.25) is 0 Å². The standard InChI is InChI=1S/C21H23N3O3/c1-14(2)19(23-20(25)16-7-5-4-6-8-16)21(26)27-13-17-12-24-11-15(3)9-10-18(24)22-17/h4-12,14,19H,13H2,1-3H3,(H,23,25)/t19-/m0/s1. The van der Waals surface area contributed by atoms with Crippen LogP contribution in [0.4, 0.5) is 0 Å². The number of rotatable bonds is 6. The predicted molar refractivity (Wildman–Crippen MR) is 102 cm³/mol. The van der Waals surface area contributed by atoms with Gasteiger partial charge in [0.25, 0.3) is 5.91 Å². The largest absolute Gasteiger partial charge is 0.458 e. The molecule has 1 atom stereocenters. The highest BCUT2D eigenvalue weighted by molar-refractivity contribution is 5.96. The number of aromatic nitrogens is 2. The van der Waals surface area contributed by atoms with E-state index in [9.17, 15) is 9.59 Å². The van der Waals surface area contributed by atoms with E-state index in [-0.39, 0.29) is 18.4 Å². The fourth-order valence-corrected chi connectivity index (χ4v) is 2.77. The first-order valence-corrected chi connectivity index (χ1v) is 8.91. The van der Waals surface area contributed by atoms with E-state index in [1.54, 1.807) is 24.3 Å². The number of amides is 1. The number of aryl methyl sites for hydroxylation is 1. The van der Waals surface area contributed by atoms with E-state index in [1.807, 2.05) is 55.8 Å². The zero-order valence-electron chi connectivity index (χ0n) is 15.7. The van der Waals surface area contributed by atoms with Crippen LogP contribution in [0, 0.1) is 12.8 Å². The Labute approximate surface area is 158 Å². The number of pyridine rings is 1. The van der Waals surface area contributed by atoms with Gasteiger partial charge in [-0.25, -0.2) is 9.78 Å². The molecule has 0 saturated heterocycles. The number of carbonyl (C=O) groups is 2. The molecule has 6 heteroatoms. The number of nitrogens with one attached hydrogen (secondary N) is 1. The number of hydrogen-bond donors (Lipinski definition) is 1. The maximum atomic E-state index is 12.5. The molecule has 0 aliphatic rings. The van der Waals surface area contributed by atoms with Crippen LogP contribution in [0.3, 0.4) is 0 Å². The quantitative estimate of drug-likeness (QED) is 0.681. The molecule has 6 nitrogen and oxygen atoms in total.